The highest BCUT2D eigenvalue weighted by atomic mass is 16.7. The van der Waals surface area contributed by atoms with Crippen LogP contribution in [-0.4, -0.2) is 98.9 Å². The van der Waals surface area contributed by atoms with Crippen LogP contribution < -0.4 is 20.7 Å². The maximum atomic E-state index is 13.5. The van der Waals surface area contributed by atoms with Crippen LogP contribution in [0.25, 0.3) is 11.3 Å². The van der Waals surface area contributed by atoms with E-state index in [0.29, 0.717) is 19.3 Å². The molecule has 3 aromatic rings. The fraction of sp³-hybridized carbons (Fsp3) is 0.417. The second kappa shape index (κ2) is 20.7. The van der Waals surface area contributed by atoms with Gasteiger partial charge in [0.1, 0.15) is 28.9 Å². The van der Waals surface area contributed by atoms with E-state index in [9.17, 15) is 43.5 Å². The van der Waals surface area contributed by atoms with Crippen LogP contribution in [0, 0.1) is 19.8 Å². The number of hydrogen-bond donors (Lipinski definition) is 6. The molecule has 0 saturated carbocycles. The van der Waals surface area contributed by atoms with Gasteiger partial charge in [-0.3, -0.25) is 24.0 Å². The van der Waals surface area contributed by atoms with Gasteiger partial charge in [0, 0.05) is 5.56 Å². The van der Waals surface area contributed by atoms with Gasteiger partial charge in [-0.25, -0.2) is 14.4 Å². The lowest BCUT2D eigenvalue weighted by Gasteiger charge is -2.31. The van der Waals surface area contributed by atoms with Crippen molar-refractivity contribution in [3.05, 3.63) is 58.7 Å². The van der Waals surface area contributed by atoms with E-state index < -0.39 is 72.6 Å². The molecule has 0 aliphatic rings. The lowest BCUT2D eigenvalue weighted by molar-refractivity contribution is -0.171. The van der Waals surface area contributed by atoms with Gasteiger partial charge in [-0.05, 0) is 51.0 Å². The van der Waals surface area contributed by atoms with Crippen LogP contribution in [0.5, 0.6) is 5.75 Å². The Morgan fingerprint density at radius 3 is 2.27 bits per heavy atom. The molecule has 0 spiro atoms. The van der Waals surface area contributed by atoms with Crippen LogP contribution in [0.15, 0.2) is 39.3 Å². The summed E-state index contributed by atoms with van der Waals surface area (Å²) in [6, 6.07) is 3.77. The number of furan rings is 1. The summed E-state index contributed by atoms with van der Waals surface area (Å²) in [7, 11) is 0. The topological polar surface area (TPSA) is 294 Å². The van der Waals surface area contributed by atoms with Crippen LogP contribution in [0.3, 0.4) is 0 Å². The number of aromatic nitrogens is 1. The van der Waals surface area contributed by atoms with Crippen molar-refractivity contribution in [2.45, 2.75) is 78.3 Å². The third-order valence-electron chi connectivity index (χ3n) is 8.38. The summed E-state index contributed by atoms with van der Waals surface area (Å²) in [5, 5.41) is 39.1. The SMILES string of the molecule is CCCCCC(C(=O)NCNC(=O)c1ccc(-c2ccc(C(=O)NC(CC(=O)O)C(=O)O)c(OCC(=O)O)c2)o1)[C@@H](CC)N(C=O)OC(=O)c1c(C)noc1C. The number of nitrogens with zero attached hydrogens (tertiary/aromatic N) is 2. The van der Waals surface area contributed by atoms with Crippen molar-refractivity contribution in [3.8, 4) is 17.1 Å². The average Bonchev–Trinajstić information content (AvgIpc) is 3.78. The minimum atomic E-state index is -1.79. The Balaban J connectivity index is 1.73. The van der Waals surface area contributed by atoms with E-state index in [1.807, 2.05) is 6.92 Å². The first-order valence-corrected chi connectivity index (χ1v) is 17.4. The highest BCUT2D eigenvalue weighted by Crippen LogP contribution is 2.30. The van der Waals surface area contributed by atoms with E-state index in [4.69, 9.17) is 28.7 Å². The highest BCUT2D eigenvalue weighted by Gasteiger charge is 2.34. The summed E-state index contributed by atoms with van der Waals surface area (Å²) < 4.78 is 15.9. The number of carbonyl (C=O) groups is 8. The zero-order valence-corrected chi connectivity index (χ0v) is 31.0. The molecule has 0 bridgehead atoms. The van der Waals surface area contributed by atoms with Gasteiger partial charge >= 0.3 is 23.9 Å². The summed E-state index contributed by atoms with van der Waals surface area (Å²) >= 11 is 0. The van der Waals surface area contributed by atoms with E-state index in [-0.39, 0.29) is 58.5 Å². The summed E-state index contributed by atoms with van der Waals surface area (Å²) in [6.45, 7) is 5.52. The molecule has 6 N–H and O–H groups in total. The van der Waals surface area contributed by atoms with Crippen LogP contribution in [0.4, 0.5) is 0 Å². The number of carbonyl (C=O) groups excluding carboxylic acids is 5. The molecule has 0 saturated heterocycles. The minimum Gasteiger partial charge on any atom is -0.481 e. The largest absolute Gasteiger partial charge is 0.481 e. The standard InChI is InChI=1S/C36H43N5O15/c1-5-7-8-9-22(25(6-2)41(18-42)56-36(52)31-19(3)40-55-20(31)4)32(47)37-17-38-34(49)27-13-12-26(54-27)21-10-11-23(28(14-21)53-16-30(45)46)33(48)39-24(35(50)51)15-29(43)44/h10-14,18,22,24-25H,5-9,15-17H2,1-4H3,(H,37,47)(H,38,49)(H,39,48)(H,43,44)(H,45,46)(H,50,51)/t22?,24?,25-/m1/s1. The van der Waals surface area contributed by atoms with Crippen molar-refractivity contribution < 1.29 is 72.2 Å². The Hall–Kier alpha value is -6.73. The molecule has 2 unspecified atom stereocenters. The quantitative estimate of drug-likeness (QED) is 0.0349. The molecule has 4 amide bonds. The first-order valence-electron chi connectivity index (χ1n) is 17.4. The molecular weight excluding hydrogens is 742 g/mol. The molecule has 20 nitrogen and oxygen atoms in total. The molecule has 2 aromatic heterocycles. The molecule has 56 heavy (non-hydrogen) atoms. The average molecular weight is 786 g/mol. The van der Waals surface area contributed by atoms with Crippen molar-refractivity contribution in [2.24, 2.45) is 5.92 Å². The Kier molecular flexibility index (Phi) is 16.1. The fourth-order valence-corrected chi connectivity index (χ4v) is 5.62. The van der Waals surface area contributed by atoms with Gasteiger partial charge in [0.25, 0.3) is 11.8 Å². The summed E-state index contributed by atoms with van der Waals surface area (Å²) in [6.07, 6.45) is 2.23. The van der Waals surface area contributed by atoms with Crippen molar-refractivity contribution in [2.75, 3.05) is 13.3 Å². The van der Waals surface area contributed by atoms with E-state index in [0.717, 1.165) is 17.9 Å². The molecule has 1 aromatic carbocycles. The number of aliphatic carboxylic acids is 3. The molecule has 0 aliphatic carbocycles. The number of amides is 4. The Bertz CT molecular complexity index is 1900. The van der Waals surface area contributed by atoms with Crippen LogP contribution in [0.2, 0.25) is 0 Å². The summed E-state index contributed by atoms with van der Waals surface area (Å²) in [5.74, 6) is -8.76. The number of aryl methyl sites for hydroxylation is 2. The van der Waals surface area contributed by atoms with Gasteiger partial charge in [-0.15, -0.1) is 0 Å². The second-order valence-corrected chi connectivity index (χ2v) is 12.4. The fourth-order valence-electron chi connectivity index (χ4n) is 5.62. The van der Waals surface area contributed by atoms with Crippen molar-refractivity contribution in [1.82, 2.24) is 26.2 Å². The van der Waals surface area contributed by atoms with Crippen LogP contribution in [-0.2, 0) is 28.8 Å². The van der Waals surface area contributed by atoms with Crippen molar-refractivity contribution >= 4 is 48.0 Å². The number of nitrogens with one attached hydrogen (secondary N) is 3. The number of carboxylic acids is 3. The second-order valence-electron chi connectivity index (χ2n) is 12.4. The zero-order valence-electron chi connectivity index (χ0n) is 31.0. The molecule has 2 heterocycles. The number of unbranched alkanes of at least 4 members (excludes halogenated alkanes) is 2. The number of hydroxylamine groups is 2. The summed E-state index contributed by atoms with van der Waals surface area (Å²) in [4.78, 5) is 103. The smallest absolute Gasteiger partial charge is 0.368 e. The zero-order chi connectivity index (χ0) is 41.5. The molecule has 20 heteroatoms. The number of rotatable bonds is 23. The molecular formula is C36H43N5O15. The first-order chi connectivity index (χ1) is 26.6. The lowest BCUT2D eigenvalue weighted by atomic mass is 9.90. The molecule has 0 aliphatic heterocycles. The Labute approximate surface area is 319 Å². The maximum Gasteiger partial charge on any atom is 0.368 e. The molecule has 3 rings (SSSR count). The number of ether oxygens (including phenoxy) is 1. The maximum absolute atomic E-state index is 13.5. The van der Waals surface area contributed by atoms with E-state index >= 15 is 0 Å². The predicted octanol–water partition coefficient (Wildman–Crippen LogP) is 2.68. The lowest BCUT2D eigenvalue weighted by Crippen LogP contribution is -2.49. The predicted molar refractivity (Wildman–Crippen MR) is 190 cm³/mol. The monoisotopic (exact) mass is 785 g/mol. The van der Waals surface area contributed by atoms with Gasteiger partial charge in [0.2, 0.25) is 12.3 Å². The third kappa shape index (κ3) is 11.9. The van der Waals surface area contributed by atoms with E-state index in [2.05, 4.69) is 21.1 Å². The Morgan fingerprint density at radius 1 is 0.946 bits per heavy atom. The van der Waals surface area contributed by atoms with Crippen LogP contribution >= 0.6 is 0 Å². The first kappa shape index (κ1) is 43.7. The van der Waals surface area contributed by atoms with Gasteiger partial charge < -0.3 is 49.8 Å². The van der Waals surface area contributed by atoms with E-state index in [1.54, 1.807) is 13.8 Å². The molecule has 0 radical (unpaired) electrons. The number of benzene rings is 1. The van der Waals surface area contributed by atoms with Gasteiger partial charge in [0.15, 0.2) is 12.4 Å². The molecule has 302 valence electrons. The van der Waals surface area contributed by atoms with Crippen molar-refractivity contribution in [1.29, 1.82) is 0 Å². The van der Waals surface area contributed by atoms with Crippen LogP contribution in [0.1, 0.15) is 95.1 Å². The molecule has 3 atom stereocenters. The van der Waals surface area contributed by atoms with Gasteiger partial charge in [-0.2, -0.15) is 5.06 Å². The van der Waals surface area contributed by atoms with Crippen molar-refractivity contribution in [3.63, 3.8) is 0 Å². The molecule has 0 fully saturated rings. The number of carboxylic acid groups (broad SMARTS) is 3. The minimum absolute atomic E-state index is 0.0551. The Morgan fingerprint density at radius 2 is 1.68 bits per heavy atom. The summed E-state index contributed by atoms with van der Waals surface area (Å²) in [5.41, 5.74) is 0.230. The van der Waals surface area contributed by atoms with Gasteiger partial charge in [-0.1, -0.05) is 44.3 Å². The van der Waals surface area contributed by atoms with Gasteiger partial charge in [0.05, 0.1) is 36.3 Å². The van der Waals surface area contributed by atoms with E-state index in [1.165, 1.54) is 37.3 Å². The normalized spacial score (nSPS) is 12.4. The highest BCUT2D eigenvalue weighted by molar-refractivity contribution is 6.00. The number of hydrogen-bond acceptors (Lipinski definition) is 13. The third-order valence-corrected chi connectivity index (χ3v) is 8.38.